The molecule has 0 aliphatic rings. The third-order valence-electron chi connectivity index (χ3n) is 3.61. The van der Waals surface area contributed by atoms with E-state index < -0.39 is 5.97 Å². The third-order valence-corrected chi connectivity index (χ3v) is 3.61. The average molecular weight is 321 g/mol. The van der Waals surface area contributed by atoms with Crippen LogP contribution >= 0.6 is 0 Å². The Morgan fingerprint density at radius 1 is 1.12 bits per heavy atom. The lowest BCUT2D eigenvalue weighted by Crippen LogP contribution is -2.14. The van der Waals surface area contributed by atoms with Crippen LogP contribution in [0.15, 0.2) is 48.8 Å². The molecule has 1 amide bonds. The molecule has 2 aromatic heterocycles. The Bertz CT molecular complexity index is 920. The average Bonchev–Trinajstić information content (AvgIpc) is 2.61. The number of fused-ring (bicyclic) bond motifs is 1. The Labute approximate surface area is 138 Å². The number of pyridine rings is 2. The van der Waals surface area contributed by atoms with Crippen LogP contribution in [0.4, 0.5) is 5.69 Å². The number of anilines is 1. The third kappa shape index (κ3) is 3.08. The molecule has 1 N–H and O–H groups in total. The van der Waals surface area contributed by atoms with Crippen molar-refractivity contribution in [1.29, 1.82) is 0 Å². The molecular weight excluding hydrogens is 306 g/mol. The first-order valence-electron chi connectivity index (χ1n) is 7.29. The number of carbonyl (C=O) groups is 2. The SMILES string of the molecule is COC(=O)c1ccc(NC(=O)c2cc3cnccc3nc2C)cc1. The molecule has 0 aliphatic carbocycles. The van der Waals surface area contributed by atoms with Crippen molar-refractivity contribution in [3.05, 3.63) is 65.6 Å². The fourth-order valence-corrected chi connectivity index (χ4v) is 2.35. The number of aromatic nitrogens is 2. The zero-order chi connectivity index (χ0) is 17.1. The summed E-state index contributed by atoms with van der Waals surface area (Å²) in [5.41, 5.74) is 2.91. The highest BCUT2D eigenvalue weighted by Crippen LogP contribution is 2.17. The monoisotopic (exact) mass is 321 g/mol. The molecule has 0 atom stereocenters. The van der Waals surface area contributed by atoms with Gasteiger partial charge in [-0.3, -0.25) is 14.8 Å². The fraction of sp³-hybridized carbons (Fsp3) is 0.111. The van der Waals surface area contributed by atoms with E-state index in [1.807, 2.05) is 0 Å². The Morgan fingerprint density at radius 2 is 1.88 bits per heavy atom. The van der Waals surface area contributed by atoms with Crippen molar-refractivity contribution in [3.8, 4) is 0 Å². The smallest absolute Gasteiger partial charge is 0.337 e. The highest BCUT2D eigenvalue weighted by molar-refractivity contribution is 6.06. The van der Waals surface area contributed by atoms with Crippen molar-refractivity contribution in [2.24, 2.45) is 0 Å². The lowest BCUT2D eigenvalue weighted by Gasteiger charge is -2.09. The first-order chi connectivity index (χ1) is 11.6. The minimum Gasteiger partial charge on any atom is -0.465 e. The summed E-state index contributed by atoms with van der Waals surface area (Å²) in [6.07, 6.45) is 3.33. The van der Waals surface area contributed by atoms with Gasteiger partial charge >= 0.3 is 5.97 Å². The van der Waals surface area contributed by atoms with Gasteiger partial charge in [-0.1, -0.05) is 0 Å². The van der Waals surface area contributed by atoms with Gasteiger partial charge < -0.3 is 10.1 Å². The van der Waals surface area contributed by atoms with Crippen LogP contribution in [0.2, 0.25) is 0 Å². The van der Waals surface area contributed by atoms with Gasteiger partial charge in [0.25, 0.3) is 5.91 Å². The number of esters is 1. The number of methoxy groups -OCH3 is 1. The summed E-state index contributed by atoms with van der Waals surface area (Å²) in [6, 6.07) is 10.1. The molecule has 0 saturated heterocycles. The summed E-state index contributed by atoms with van der Waals surface area (Å²) in [5.74, 6) is -0.688. The van der Waals surface area contributed by atoms with E-state index in [0.717, 1.165) is 10.9 Å². The standard InChI is InChI=1S/C18H15N3O3/c1-11-15(9-13-10-19-8-7-16(13)20-11)17(22)21-14-5-3-12(4-6-14)18(23)24-2/h3-10H,1-2H3,(H,21,22). The number of hydrogen-bond acceptors (Lipinski definition) is 5. The van der Waals surface area contributed by atoms with Crippen LogP contribution in [-0.4, -0.2) is 29.0 Å². The molecule has 6 nitrogen and oxygen atoms in total. The molecule has 0 spiro atoms. The zero-order valence-corrected chi connectivity index (χ0v) is 13.2. The van der Waals surface area contributed by atoms with Gasteiger partial charge in [-0.15, -0.1) is 0 Å². The van der Waals surface area contributed by atoms with E-state index in [-0.39, 0.29) is 5.91 Å². The quantitative estimate of drug-likeness (QED) is 0.750. The number of nitrogens with zero attached hydrogens (tertiary/aromatic N) is 2. The van der Waals surface area contributed by atoms with Crippen molar-refractivity contribution in [2.75, 3.05) is 12.4 Å². The van der Waals surface area contributed by atoms with E-state index in [9.17, 15) is 9.59 Å². The molecule has 0 aliphatic heterocycles. The van der Waals surface area contributed by atoms with E-state index in [2.05, 4.69) is 20.0 Å². The molecule has 0 saturated carbocycles. The number of hydrogen-bond donors (Lipinski definition) is 1. The number of amides is 1. The first-order valence-corrected chi connectivity index (χ1v) is 7.29. The van der Waals surface area contributed by atoms with Gasteiger partial charge in [0.05, 0.1) is 29.4 Å². The van der Waals surface area contributed by atoms with Crippen LogP contribution in [0, 0.1) is 6.92 Å². The summed E-state index contributed by atoms with van der Waals surface area (Å²) in [5, 5.41) is 3.60. The summed E-state index contributed by atoms with van der Waals surface area (Å²) < 4.78 is 4.64. The van der Waals surface area contributed by atoms with Gasteiger partial charge in [-0.25, -0.2) is 4.79 Å². The first kappa shape index (κ1) is 15.6. The maximum absolute atomic E-state index is 12.5. The molecule has 0 bridgehead atoms. The molecule has 1 aromatic carbocycles. The van der Waals surface area contributed by atoms with Crippen molar-refractivity contribution in [3.63, 3.8) is 0 Å². The molecule has 0 radical (unpaired) electrons. The fourth-order valence-electron chi connectivity index (χ4n) is 2.35. The number of carbonyl (C=O) groups excluding carboxylic acids is 2. The maximum atomic E-state index is 12.5. The normalized spacial score (nSPS) is 10.4. The Kier molecular flexibility index (Phi) is 4.20. The number of rotatable bonds is 3. The number of nitrogens with one attached hydrogen (secondary N) is 1. The van der Waals surface area contributed by atoms with Crippen molar-refractivity contribution in [1.82, 2.24) is 9.97 Å². The highest BCUT2D eigenvalue weighted by atomic mass is 16.5. The second-order valence-electron chi connectivity index (χ2n) is 5.21. The van der Waals surface area contributed by atoms with Gasteiger partial charge in [0, 0.05) is 23.5 Å². The van der Waals surface area contributed by atoms with Crippen LogP contribution in [0.3, 0.4) is 0 Å². The Balaban J connectivity index is 1.84. The van der Waals surface area contributed by atoms with Gasteiger partial charge in [0.2, 0.25) is 0 Å². The highest BCUT2D eigenvalue weighted by Gasteiger charge is 2.12. The molecule has 2 heterocycles. The van der Waals surface area contributed by atoms with Crippen LogP contribution in [-0.2, 0) is 4.74 Å². The molecular formula is C18H15N3O3. The largest absolute Gasteiger partial charge is 0.465 e. The number of benzene rings is 1. The van der Waals surface area contributed by atoms with Gasteiger partial charge in [-0.05, 0) is 43.3 Å². The summed E-state index contributed by atoms with van der Waals surface area (Å²) in [4.78, 5) is 32.4. The van der Waals surface area contributed by atoms with E-state index >= 15 is 0 Å². The minimum absolute atomic E-state index is 0.267. The zero-order valence-electron chi connectivity index (χ0n) is 13.2. The minimum atomic E-state index is -0.421. The van der Waals surface area contributed by atoms with E-state index in [1.165, 1.54) is 7.11 Å². The topological polar surface area (TPSA) is 81.2 Å². The molecule has 120 valence electrons. The van der Waals surface area contributed by atoms with Crippen LogP contribution < -0.4 is 5.32 Å². The van der Waals surface area contributed by atoms with E-state index in [1.54, 1.807) is 55.7 Å². The second-order valence-corrected chi connectivity index (χ2v) is 5.21. The number of ether oxygens (including phenoxy) is 1. The molecule has 3 rings (SSSR count). The molecule has 6 heteroatoms. The van der Waals surface area contributed by atoms with Gasteiger partial charge in [-0.2, -0.15) is 0 Å². The van der Waals surface area contributed by atoms with Crippen LogP contribution in [0.1, 0.15) is 26.4 Å². The maximum Gasteiger partial charge on any atom is 0.337 e. The predicted octanol–water partition coefficient (Wildman–Crippen LogP) is 2.98. The van der Waals surface area contributed by atoms with E-state index in [4.69, 9.17) is 0 Å². The van der Waals surface area contributed by atoms with E-state index in [0.29, 0.717) is 22.5 Å². The van der Waals surface area contributed by atoms with Gasteiger partial charge in [0.1, 0.15) is 0 Å². The lowest BCUT2D eigenvalue weighted by molar-refractivity contribution is 0.0600. The molecule has 0 fully saturated rings. The van der Waals surface area contributed by atoms with Gasteiger partial charge in [0.15, 0.2) is 0 Å². The van der Waals surface area contributed by atoms with Crippen molar-refractivity contribution >= 4 is 28.5 Å². The predicted molar refractivity (Wildman–Crippen MR) is 90.0 cm³/mol. The lowest BCUT2D eigenvalue weighted by atomic mass is 10.1. The van der Waals surface area contributed by atoms with Crippen molar-refractivity contribution in [2.45, 2.75) is 6.92 Å². The van der Waals surface area contributed by atoms with Crippen LogP contribution in [0.25, 0.3) is 10.9 Å². The molecule has 3 aromatic rings. The Morgan fingerprint density at radius 3 is 2.58 bits per heavy atom. The second kappa shape index (κ2) is 6.45. The Hall–Kier alpha value is -3.28. The molecule has 0 unspecified atom stereocenters. The summed E-state index contributed by atoms with van der Waals surface area (Å²) in [6.45, 7) is 1.79. The summed E-state index contributed by atoms with van der Waals surface area (Å²) >= 11 is 0. The summed E-state index contributed by atoms with van der Waals surface area (Å²) in [7, 11) is 1.32. The van der Waals surface area contributed by atoms with Crippen molar-refractivity contribution < 1.29 is 14.3 Å². The number of aryl methyl sites for hydroxylation is 1. The van der Waals surface area contributed by atoms with Crippen LogP contribution in [0.5, 0.6) is 0 Å². The molecule has 24 heavy (non-hydrogen) atoms.